The van der Waals surface area contributed by atoms with Gasteiger partial charge in [0.25, 0.3) is 5.56 Å². The molecule has 2 N–H and O–H groups in total. The molecule has 0 spiro atoms. The first-order valence-electron chi connectivity index (χ1n) is 9.29. The van der Waals surface area contributed by atoms with Crippen LogP contribution in [0.25, 0.3) is 11.0 Å². The highest BCUT2D eigenvalue weighted by Crippen LogP contribution is 2.24. The van der Waals surface area contributed by atoms with Crippen molar-refractivity contribution in [1.29, 1.82) is 0 Å². The predicted octanol–water partition coefficient (Wildman–Crippen LogP) is 0.959. The average molecular weight is 410 g/mol. The van der Waals surface area contributed by atoms with E-state index in [4.69, 9.17) is 0 Å². The Hall–Kier alpha value is -2.04. The van der Waals surface area contributed by atoms with E-state index in [1.807, 2.05) is 0 Å². The Bertz CT molecular complexity index is 1020. The molecule has 1 atom stereocenters. The van der Waals surface area contributed by atoms with E-state index >= 15 is 0 Å². The quantitative estimate of drug-likeness (QED) is 0.755. The molecule has 3 heterocycles. The second kappa shape index (κ2) is 7.41. The van der Waals surface area contributed by atoms with Crippen LogP contribution in [0, 0.1) is 0 Å². The number of piperidine rings is 1. The summed E-state index contributed by atoms with van der Waals surface area (Å²) in [5.74, 6) is 0.382. The molecule has 3 rings (SSSR count). The fraction of sp³-hybridized carbons (Fsp3) is 0.611. The average Bonchev–Trinajstić information content (AvgIpc) is 2.60. The first-order valence-corrected chi connectivity index (χ1v) is 11.1. The van der Waals surface area contributed by atoms with Crippen molar-refractivity contribution in [2.45, 2.75) is 51.3 Å². The molecule has 0 radical (unpaired) electrons. The van der Waals surface area contributed by atoms with Gasteiger partial charge in [-0.3, -0.25) is 9.36 Å². The van der Waals surface area contributed by atoms with Crippen molar-refractivity contribution in [3.8, 4) is 0 Å². The first-order chi connectivity index (χ1) is 13.0. The van der Waals surface area contributed by atoms with Crippen molar-refractivity contribution in [3.63, 3.8) is 0 Å². The molecule has 0 aliphatic carbocycles. The van der Waals surface area contributed by atoms with E-state index in [2.05, 4.69) is 15.3 Å². The van der Waals surface area contributed by atoms with Crippen molar-refractivity contribution in [1.82, 2.24) is 18.8 Å². The fourth-order valence-electron chi connectivity index (χ4n) is 3.31. The Kier molecular flexibility index (Phi) is 5.48. The van der Waals surface area contributed by atoms with Crippen molar-refractivity contribution in [3.05, 3.63) is 28.7 Å². The summed E-state index contributed by atoms with van der Waals surface area (Å²) in [5.41, 5.74) is -0.892. The highest BCUT2D eigenvalue weighted by atomic mass is 32.2. The topological polar surface area (TPSA) is 117 Å². The van der Waals surface area contributed by atoms with E-state index in [0.29, 0.717) is 42.9 Å². The normalized spacial score (nSPS) is 18.3. The Morgan fingerprint density at radius 1 is 1.29 bits per heavy atom. The van der Waals surface area contributed by atoms with Crippen LogP contribution in [-0.2, 0) is 10.0 Å². The maximum absolute atomic E-state index is 12.5. The van der Waals surface area contributed by atoms with Gasteiger partial charge in [-0.15, -0.1) is 0 Å². The lowest BCUT2D eigenvalue weighted by Gasteiger charge is -2.31. The van der Waals surface area contributed by atoms with Crippen molar-refractivity contribution < 1.29 is 13.5 Å². The van der Waals surface area contributed by atoms with E-state index in [0.717, 1.165) is 0 Å². The van der Waals surface area contributed by atoms with E-state index in [-0.39, 0.29) is 11.6 Å². The molecule has 1 aliphatic heterocycles. The summed E-state index contributed by atoms with van der Waals surface area (Å²) >= 11 is 0. The number of hydrogen-bond donors (Lipinski definition) is 2. The molecule has 1 aliphatic rings. The summed E-state index contributed by atoms with van der Waals surface area (Å²) in [6, 6.07) is 2.68. The molecule has 2 aromatic rings. The second-order valence-electron chi connectivity index (χ2n) is 7.92. The minimum absolute atomic E-state index is 0.0473. The molecular weight excluding hydrogens is 382 g/mol. The number of rotatable bonds is 5. The monoisotopic (exact) mass is 409 g/mol. The van der Waals surface area contributed by atoms with Gasteiger partial charge in [0.15, 0.2) is 0 Å². The number of nitrogens with zero attached hydrogens (tertiary/aromatic N) is 4. The summed E-state index contributed by atoms with van der Waals surface area (Å²) in [4.78, 5) is 21.3. The van der Waals surface area contributed by atoms with Crippen LogP contribution in [0.3, 0.4) is 0 Å². The molecule has 0 saturated carbocycles. The Balaban J connectivity index is 1.87. The van der Waals surface area contributed by atoms with Crippen molar-refractivity contribution >= 4 is 27.0 Å². The molecule has 10 heteroatoms. The maximum Gasteiger partial charge on any atom is 0.252 e. The van der Waals surface area contributed by atoms with E-state index in [9.17, 15) is 18.3 Å². The second-order valence-corrected chi connectivity index (χ2v) is 9.91. The molecule has 1 unspecified atom stereocenters. The van der Waals surface area contributed by atoms with E-state index in [1.165, 1.54) is 21.2 Å². The van der Waals surface area contributed by atoms with Gasteiger partial charge in [-0.1, -0.05) is 0 Å². The first kappa shape index (κ1) is 20.7. The maximum atomic E-state index is 12.5. The summed E-state index contributed by atoms with van der Waals surface area (Å²) < 4.78 is 26.2. The van der Waals surface area contributed by atoms with Gasteiger partial charge in [-0.05, 0) is 39.7 Å². The number of aliphatic hydroxyl groups is 1. The minimum Gasteiger partial charge on any atom is -0.388 e. The van der Waals surface area contributed by atoms with Crippen LogP contribution in [0.15, 0.2) is 23.1 Å². The van der Waals surface area contributed by atoms with E-state index < -0.39 is 21.7 Å². The van der Waals surface area contributed by atoms with Crippen LogP contribution in [0.2, 0.25) is 0 Å². The van der Waals surface area contributed by atoms with Crippen molar-refractivity contribution in [2.75, 3.05) is 24.7 Å². The third-order valence-corrected chi connectivity index (χ3v) is 6.64. The largest absolute Gasteiger partial charge is 0.388 e. The highest BCUT2D eigenvalue weighted by molar-refractivity contribution is 7.88. The van der Waals surface area contributed by atoms with Crippen LogP contribution in [0.1, 0.15) is 39.7 Å². The number of aromatic nitrogens is 3. The van der Waals surface area contributed by atoms with Gasteiger partial charge in [-0.25, -0.2) is 17.7 Å². The zero-order valence-corrected chi connectivity index (χ0v) is 17.4. The minimum atomic E-state index is -3.17. The number of pyridine rings is 1. The Morgan fingerprint density at radius 2 is 1.93 bits per heavy atom. The smallest absolute Gasteiger partial charge is 0.252 e. The third-order valence-electron chi connectivity index (χ3n) is 5.33. The predicted molar refractivity (Wildman–Crippen MR) is 108 cm³/mol. The van der Waals surface area contributed by atoms with Gasteiger partial charge in [-0.2, -0.15) is 4.98 Å². The van der Waals surface area contributed by atoms with Crippen LogP contribution in [-0.4, -0.2) is 63.4 Å². The molecule has 154 valence electrons. The van der Waals surface area contributed by atoms with Crippen LogP contribution >= 0.6 is 0 Å². The lowest BCUT2D eigenvalue weighted by Crippen LogP contribution is -2.42. The molecule has 1 fully saturated rings. The van der Waals surface area contributed by atoms with Crippen LogP contribution in [0.5, 0.6) is 0 Å². The summed E-state index contributed by atoms with van der Waals surface area (Å²) in [5, 5.41) is 14.3. The molecule has 1 saturated heterocycles. The molecule has 0 bridgehead atoms. The molecule has 0 amide bonds. The molecule has 9 nitrogen and oxygen atoms in total. The van der Waals surface area contributed by atoms with Crippen molar-refractivity contribution in [2.24, 2.45) is 0 Å². The standard InChI is InChI=1S/C18H27N5O4S/c1-12(18(2,3)25)23-15(24)6-5-13-11-19-17(21-16(13)23)20-14-7-9-22(10-8-14)28(4,26)27/h5-6,11-12,14,25H,7-10H2,1-4H3,(H,19,20,21). The SMILES string of the molecule is CC(n1c(=O)ccc2cnc(NC3CCN(S(C)(=O)=O)CC3)nc21)C(C)(C)O. The van der Waals surface area contributed by atoms with Gasteiger partial charge >= 0.3 is 0 Å². The summed E-state index contributed by atoms with van der Waals surface area (Å²) in [6.07, 6.45) is 4.16. The summed E-state index contributed by atoms with van der Waals surface area (Å²) in [7, 11) is -3.17. The fourth-order valence-corrected chi connectivity index (χ4v) is 4.19. The van der Waals surface area contributed by atoms with Crippen LogP contribution < -0.4 is 10.9 Å². The molecule has 0 aromatic carbocycles. The van der Waals surface area contributed by atoms with Gasteiger partial charge in [0.1, 0.15) is 5.65 Å². The van der Waals surface area contributed by atoms with Gasteiger partial charge in [0.05, 0.1) is 17.9 Å². The third kappa shape index (κ3) is 4.34. The molecule has 28 heavy (non-hydrogen) atoms. The molecule has 2 aromatic heterocycles. The van der Waals surface area contributed by atoms with Gasteiger partial charge in [0.2, 0.25) is 16.0 Å². The van der Waals surface area contributed by atoms with Gasteiger partial charge in [0, 0.05) is 36.8 Å². The Morgan fingerprint density at radius 3 is 2.50 bits per heavy atom. The zero-order chi connectivity index (χ0) is 20.7. The van der Waals surface area contributed by atoms with Gasteiger partial charge < -0.3 is 10.4 Å². The highest BCUT2D eigenvalue weighted by Gasteiger charge is 2.27. The van der Waals surface area contributed by atoms with Crippen LogP contribution in [0.4, 0.5) is 5.95 Å². The summed E-state index contributed by atoms with van der Waals surface area (Å²) in [6.45, 7) is 5.98. The Labute approximate surface area is 164 Å². The lowest BCUT2D eigenvalue weighted by molar-refractivity contribution is 0.0307. The number of hydrogen-bond acceptors (Lipinski definition) is 7. The van der Waals surface area contributed by atoms with E-state index in [1.54, 1.807) is 33.0 Å². The number of sulfonamides is 1. The molecular formula is C18H27N5O4S. The number of fused-ring (bicyclic) bond motifs is 1. The number of nitrogens with one attached hydrogen (secondary N) is 1. The zero-order valence-electron chi connectivity index (χ0n) is 16.6. The number of anilines is 1. The lowest BCUT2D eigenvalue weighted by atomic mass is 10.0.